The van der Waals surface area contributed by atoms with Gasteiger partial charge in [0.05, 0.1) is 6.61 Å². The Morgan fingerprint density at radius 3 is 3.09 bits per heavy atom. The van der Waals surface area contributed by atoms with Crippen LogP contribution >= 0.6 is 0 Å². The first-order valence-electron chi connectivity index (χ1n) is 7.28. The van der Waals surface area contributed by atoms with Crippen LogP contribution in [0.25, 0.3) is 10.9 Å². The molecule has 2 aromatic rings. The molecule has 1 atom stereocenters. The van der Waals surface area contributed by atoms with Crippen LogP contribution in [0, 0.1) is 0 Å². The van der Waals surface area contributed by atoms with Crippen LogP contribution in [0.5, 0.6) is 0 Å². The average molecular weight is 302 g/mol. The fourth-order valence-corrected chi connectivity index (χ4v) is 2.65. The molecule has 0 aliphatic carbocycles. The SMILES string of the molecule is CC(=O)OC1OCCN(CCc2c[nH]c3ccccc23)C1=O. The Kier molecular flexibility index (Phi) is 4.11. The number of ether oxygens (including phenoxy) is 2. The van der Waals surface area contributed by atoms with E-state index in [1.54, 1.807) is 4.90 Å². The van der Waals surface area contributed by atoms with Crippen molar-refractivity contribution in [2.45, 2.75) is 19.6 Å². The van der Waals surface area contributed by atoms with Gasteiger partial charge in [0.15, 0.2) is 0 Å². The van der Waals surface area contributed by atoms with Crippen molar-refractivity contribution in [3.63, 3.8) is 0 Å². The van der Waals surface area contributed by atoms with Crippen LogP contribution in [0.3, 0.4) is 0 Å². The number of rotatable bonds is 4. The zero-order valence-corrected chi connectivity index (χ0v) is 12.4. The summed E-state index contributed by atoms with van der Waals surface area (Å²) in [6, 6.07) is 8.06. The maximum Gasteiger partial charge on any atom is 0.305 e. The first-order valence-corrected chi connectivity index (χ1v) is 7.28. The summed E-state index contributed by atoms with van der Waals surface area (Å²) in [5.74, 6) is -0.807. The van der Waals surface area contributed by atoms with Crippen molar-refractivity contribution in [3.05, 3.63) is 36.0 Å². The largest absolute Gasteiger partial charge is 0.426 e. The molecule has 1 unspecified atom stereocenters. The van der Waals surface area contributed by atoms with Crippen molar-refractivity contribution < 1.29 is 19.1 Å². The monoisotopic (exact) mass is 302 g/mol. The molecule has 6 nitrogen and oxygen atoms in total. The van der Waals surface area contributed by atoms with E-state index in [0.29, 0.717) is 19.7 Å². The number of aromatic amines is 1. The lowest BCUT2D eigenvalue weighted by Gasteiger charge is -2.31. The molecule has 1 amide bonds. The van der Waals surface area contributed by atoms with Crippen molar-refractivity contribution in [2.75, 3.05) is 19.7 Å². The summed E-state index contributed by atoms with van der Waals surface area (Å²) in [4.78, 5) is 28.1. The summed E-state index contributed by atoms with van der Waals surface area (Å²) in [7, 11) is 0. The van der Waals surface area contributed by atoms with E-state index in [2.05, 4.69) is 11.1 Å². The first kappa shape index (κ1) is 14.6. The first-order chi connectivity index (χ1) is 10.6. The summed E-state index contributed by atoms with van der Waals surface area (Å²) in [5.41, 5.74) is 2.25. The fourth-order valence-electron chi connectivity index (χ4n) is 2.65. The summed E-state index contributed by atoms with van der Waals surface area (Å²) in [6.07, 6.45) is 1.61. The van der Waals surface area contributed by atoms with Gasteiger partial charge >= 0.3 is 5.97 Å². The molecule has 116 valence electrons. The number of carbonyl (C=O) groups is 2. The highest BCUT2D eigenvalue weighted by molar-refractivity contribution is 5.84. The second-order valence-electron chi connectivity index (χ2n) is 5.25. The van der Waals surface area contributed by atoms with E-state index in [1.807, 2.05) is 24.4 Å². The van der Waals surface area contributed by atoms with Gasteiger partial charge in [-0.25, -0.2) is 0 Å². The molecule has 1 aliphatic heterocycles. The minimum atomic E-state index is -1.10. The highest BCUT2D eigenvalue weighted by Gasteiger charge is 2.31. The number of fused-ring (bicyclic) bond motifs is 1. The number of amides is 1. The molecule has 0 spiro atoms. The minimum Gasteiger partial charge on any atom is -0.426 e. The van der Waals surface area contributed by atoms with Crippen molar-refractivity contribution in [1.82, 2.24) is 9.88 Å². The van der Waals surface area contributed by atoms with E-state index in [4.69, 9.17) is 9.47 Å². The number of morpholine rings is 1. The lowest BCUT2D eigenvalue weighted by molar-refractivity contribution is -0.201. The molecule has 0 bridgehead atoms. The number of hydrogen-bond donors (Lipinski definition) is 1. The summed E-state index contributed by atoms with van der Waals surface area (Å²) in [5, 5.41) is 1.17. The third-order valence-corrected chi connectivity index (χ3v) is 3.74. The zero-order valence-electron chi connectivity index (χ0n) is 12.4. The van der Waals surface area contributed by atoms with E-state index in [1.165, 1.54) is 17.9 Å². The van der Waals surface area contributed by atoms with Gasteiger partial charge in [-0.05, 0) is 18.1 Å². The number of carbonyl (C=O) groups excluding carboxylic acids is 2. The van der Waals surface area contributed by atoms with Crippen LogP contribution in [0.2, 0.25) is 0 Å². The molecule has 1 aliphatic rings. The van der Waals surface area contributed by atoms with Crippen LogP contribution in [-0.2, 0) is 25.5 Å². The second kappa shape index (κ2) is 6.19. The van der Waals surface area contributed by atoms with Gasteiger partial charge in [0, 0.05) is 37.1 Å². The van der Waals surface area contributed by atoms with Crippen LogP contribution in [0.4, 0.5) is 0 Å². The Hall–Kier alpha value is -2.34. The normalized spacial score (nSPS) is 18.7. The van der Waals surface area contributed by atoms with Crippen molar-refractivity contribution in [1.29, 1.82) is 0 Å². The highest BCUT2D eigenvalue weighted by atomic mass is 16.7. The van der Waals surface area contributed by atoms with Crippen LogP contribution in [-0.4, -0.2) is 47.7 Å². The second-order valence-corrected chi connectivity index (χ2v) is 5.25. The molecule has 3 rings (SSSR count). The summed E-state index contributed by atoms with van der Waals surface area (Å²) in [6.45, 7) is 2.72. The number of aromatic nitrogens is 1. The molecule has 1 aromatic heterocycles. The third kappa shape index (κ3) is 2.96. The fraction of sp³-hybridized carbons (Fsp3) is 0.375. The van der Waals surface area contributed by atoms with Crippen molar-refractivity contribution in [3.8, 4) is 0 Å². The van der Waals surface area contributed by atoms with Crippen LogP contribution in [0.15, 0.2) is 30.5 Å². The molecule has 0 saturated carbocycles. The van der Waals surface area contributed by atoms with E-state index in [9.17, 15) is 9.59 Å². The number of esters is 1. The van der Waals surface area contributed by atoms with Crippen LogP contribution < -0.4 is 0 Å². The quantitative estimate of drug-likeness (QED) is 0.868. The van der Waals surface area contributed by atoms with Gasteiger partial charge in [-0.1, -0.05) is 18.2 Å². The van der Waals surface area contributed by atoms with Crippen LogP contribution in [0.1, 0.15) is 12.5 Å². The lowest BCUT2D eigenvalue weighted by Crippen LogP contribution is -2.49. The Balaban J connectivity index is 1.65. The van der Waals surface area contributed by atoms with E-state index >= 15 is 0 Å². The molecule has 2 heterocycles. The number of para-hydroxylation sites is 1. The predicted molar refractivity (Wildman–Crippen MR) is 80.1 cm³/mol. The Labute approximate surface area is 128 Å². The van der Waals surface area contributed by atoms with Gasteiger partial charge < -0.3 is 19.4 Å². The smallest absolute Gasteiger partial charge is 0.305 e. The van der Waals surface area contributed by atoms with Gasteiger partial charge in [0.2, 0.25) is 0 Å². The van der Waals surface area contributed by atoms with E-state index in [0.717, 1.165) is 11.9 Å². The topological polar surface area (TPSA) is 71.6 Å². The molecule has 1 fully saturated rings. The third-order valence-electron chi connectivity index (χ3n) is 3.74. The molecule has 1 aromatic carbocycles. The van der Waals surface area contributed by atoms with Crippen molar-refractivity contribution in [2.24, 2.45) is 0 Å². The lowest BCUT2D eigenvalue weighted by atomic mass is 10.1. The molecule has 6 heteroatoms. The molecular weight excluding hydrogens is 284 g/mol. The average Bonchev–Trinajstić information content (AvgIpc) is 2.91. The zero-order chi connectivity index (χ0) is 15.5. The number of nitrogens with one attached hydrogen (secondary N) is 1. The molecule has 1 saturated heterocycles. The molecule has 1 N–H and O–H groups in total. The number of hydrogen-bond acceptors (Lipinski definition) is 4. The Morgan fingerprint density at radius 2 is 2.27 bits per heavy atom. The number of H-pyrrole nitrogens is 1. The number of nitrogens with zero attached hydrogens (tertiary/aromatic N) is 1. The van der Waals surface area contributed by atoms with Crippen molar-refractivity contribution >= 4 is 22.8 Å². The van der Waals surface area contributed by atoms with Gasteiger partial charge in [0.1, 0.15) is 0 Å². The standard InChI is InChI=1S/C16H18N2O4/c1-11(19)22-16-15(20)18(8-9-21-16)7-6-12-10-17-14-5-3-2-4-13(12)14/h2-5,10,16-17H,6-9H2,1H3. The maximum atomic E-state index is 12.2. The van der Waals surface area contributed by atoms with E-state index < -0.39 is 12.3 Å². The van der Waals surface area contributed by atoms with Gasteiger partial charge in [-0.15, -0.1) is 0 Å². The van der Waals surface area contributed by atoms with Gasteiger partial charge in [-0.2, -0.15) is 0 Å². The van der Waals surface area contributed by atoms with E-state index in [-0.39, 0.29) is 5.91 Å². The molecular formula is C16H18N2O4. The van der Waals surface area contributed by atoms with Gasteiger partial charge in [0.25, 0.3) is 12.2 Å². The molecule has 22 heavy (non-hydrogen) atoms. The highest BCUT2D eigenvalue weighted by Crippen LogP contribution is 2.19. The van der Waals surface area contributed by atoms with Gasteiger partial charge in [-0.3, -0.25) is 9.59 Å². The Bertz CT molecular complexity index is 694. The number of benzene rings is 1. The predicted octanol–water partition coefficient (Wildman–Crippen LogP) is 1.46. The maximum absolute atomic E-state index is 12.2. The minimum absolute atomic E-state index is 0.290. The summed E-state index contributed by atoms with van der Waals surface area (Å²) >= 11 is 0. The Morgan fingerprint density at radius 1 is 1.45 bits per heavy atom. The molecule has 0 radical (unpaired) electrons. The summed E-state index contributed by atoms with van der Waals surface area (Å²) < 4.78 is 10.1.